The van der Waals surface area contributed by atoms with Gasteiger partial charge in [-0.15, -0.1) is 0 Å². The maximum Gasteiger partial charge on any atom is 0.273 e. The first kappa shape index (κ1) is 18.2. The number of methoxy groups -OCH3 is 1. The van der Waals surface area contributed by atoms with Crippen LogP contribution in [0.4, 0.5) is 11.4 Å². The summed E-state index contributed by atoms with van der Waals surface area (Å²) >= 11 is 0. The molecule has 0 radical (unpaired) electrons. The Morgan fingerprint density at radius 3 is 2.58 bits per heavy atom. The highest BCUT2D eigenvalue weighted by molar-refractivity contribution is 5.96. The summed E-state index contributed by atoms with van der Waals surface area (Å²) in [7, 11) is 1.41. The second-order valence-corrected chi connectivity index (χ2v) is 6.02. The Labute approximate surface area is 140 Å². The standard InChI is InChI=1S/C16H23N3O5/c1-10-8-18(9-11(2)24-10)12(3)16(20)17-14-6-5-13(19(21)22)7-15(14)23-4/h5-7,10-12H,8-9H2,1-4H3,(H,17,20)/t10-,11+,12-/m0/s1. The van der Waals surface area contributed by atoms with Crippen molar-refractivity contribution in [2.45, 2.75) is 39.0 Å². The molecule has 1 fully saturated rings. The molecular weight excluding hydrogens is 314 g/mol. The second kappa shape index (κ2) is 7.59. The Morgan fingerprint density at radius 1 is 1.42 bits per heavy atom. The Morgan fingerprint density at radius 2 is 2.04 bits per heavy atom. The van der Waals surface area contributed by atoms with Crippen LogP contribution < -0.4 is 10.1 Å². The molecular formula is C16H23N3O5. The van der Waals surface area contributed by atoms with Crippen molar-refractivity contribution in [1.29, 1.82) is 0 Å². The number of hydrogen-bond acceptors (Lipinski definition) is 6. The fraction of sp³-hybridized carbons (Fsp3) is 0.562. The maximum atomic E-state index is 12.5. The highest BCUT2D eigenvalue weighted by atomic mass is 16.6. The monoisotopic (exact) mass is 337 g/mol. The van der Waals surface area contributed by atoms with Gasteiger partial charge in [0.15, 0.2) is 0 Å². The van der Waals surface area contributed by atoms with Crippen LogP contribution in [-0.2, 0) is 9.53 Å². The van der Waals surface area contributed by atoms with E-state index >= 15 is 0 Å². The topological polar surface area (TPSA) is 93.9 Å². The van der Waals surface area contributed by atoms with E-state index in [0.717, 1.165) is 0 Å². The lowest BCUT2D eigenvalue weighted by Crippen LogP contribution is -2.52. The smallest absolute Gasteiger partial charge is 0.273 e. The number of rotatable bonds is 5. The zero-order chi connectivity index (χ0) is 17.9. The van der Waals surface area contributed by atoms with Crippen molar-refractivity contribution in [1.82, 2.24) is 4.90 Å². The van der Waals surface area contributed by atoms with Gasteiger partial charge in [0.05, 0.1) is 42.0 Å². The Hall–Kier alpha value is -2.19. The molecule has 0 spiro atoms. The summed E-state index contributed by atoms with van der Waals surface area (Å²) in [6, 6.07) is 3.76. The van der Waals surface area contributed by atoms with Crippen LogP contribution in [0.1, 0.15) is 20.8 Å². The van der Waals surface area contributed by atoms with E-state index < -0.39 is 4.92 Å². The fourth-order valence-electron chi connectivity index (χ4n) is 2.83. The molecule has 1 aromatic rings. The Balaban J connectivity index is 2.09. The summed E-state index contributed by atoms with van der Waals surface area (Å²) in [5.74, 6) is 0.0666. The zero-order valence-electron chi connectivity index (χ0n) is 14.3. The molecule has 0 aromatic heterocycles. The predicted molar refractivity (Wildman–Crippen MR) is 89.3 cm³/mol. The average Bonchev–Trinajstić information content (AvgIpc) is 2.53. The lowest BCUT2D eigenvalue weighted by molar-refractivity contribution is -0.384. The van der Waals surface area contributed by atoms with Crippen molar-refractivity contribution in [2.75, 3.05) is 25.5 Å². The number of amides is 1. The van der Waals surface area contributed by atoms with Crippen molar-refractivity contribution in [3.63, 3.8) is 0 Å². The van der Waals surface area contributed by atoms with Crippen LogP contribution in [0.2, 0.25) is 0 Å². The molecule has 1 heterocycles. The van der Waals surface area contributed by atoms with Crippen LogP contribution in [0.5, 0.6) is 5.75 Å². The fourth-order valence-corrected chi connectivity index (χ4v) is 2.83. The molecule has 0 saturated carbocycles. The molecule has 1 saturated heterocycles. The number of nitrogens with one attached hydrogen (secondary N) is 1. The molecule has 8 heteroatoms. The molecule has 1 aromatic carbocycles. The molecule has 132 valence electrons. The van der Waals surface area contributed by atoms with Crippen LogP contribution in [0.25, 0.3) is 0 Å². The number of benzene rings is 1. The van der Waals surface area contributed by atoms with Gasteiger partial charge in [-0.25, -0.2) is 0 Å². The number of nitro groups is 1. The van der Waals surface area contributed by atoms with Crippen LogP contribution >= 0.6 is 0 Å². The first-order valence-corrected chi connectivity index (χ1v) is 7.84. The van der Waals surface area contributed by atoms with Crippen molar-refractivity contribution in [2.24, 2.45) is 0 Å². The molecule has 2 rings (SSSR count). The first-order chi connectivity index (χ1) is 11.3. The minimum absolute atomic E-state index is 0.0675. The lowest BCUT2D eigenvalue weighted by atomic mass is 10.1. The van der Waals surface area contributed by atoms with E-state index in [9.17, 15) is 14.9 Å². The van der Waals surface area contributed by atoms with Crippen molar-refractivity contribution in [3.8, 4) is 5.75 Å². The number of carbonyl (C=O) groups is 1. The minimum Gasteiger partial charge on any atom is -0.494 e. The number of ether oxygens (including phenoxy) is 2. The number of nitrogens with zero attached hydrogens (tertiary/aromatic N) is 2. The molecule has 8 nitrogen and oxygen atoms in total. The zero-order valence-corrected chi connectivity index (χ0v) is 14.3. The van der Waals surface area contributed by atoms with Crippen molar-refractivity contribution in [3.05, 3.63) is 28.3 Å². The van der Waals surface area contributed by atoms with E-state index in [1.807, 2.05) is 20.8 Å². The first-order valence-electron chi connectivity index (χ1n) is 7.84. The van der Waals surface area contributed by atoms with Gasteiger partial charge in [-0.2, -0.15) is 0 Å². The van der Waals surface area contributed by atoms with E-state index in [1.165, 1.54) is 25.3 Å². The number of nitro benzene ring substituents is 1. The van der Waals surface area contributed by atoms with E-state index in [1.54, 1.807) is 0 Å². The highest BCUT2D eigenvalue weighted by Gasteiger charge is 2.29. The molecule has 1 N–H and O–H groups in total. The Kier molecular flexibility index (Phi) is 5.74. The third-order valence-electron chi connectivity index (χ3n) is 4.03. The van der Waals surface area contributed by atoms with Gasteiger partial charge >= 0.3 is 0 Å². The SMILES string of the molecule is COc1cc([N+](=O)[O-])ccc1NC(=O)[C@H](C)N1C[C@@H](C)O[C@@H](C)C1. The summed E-state index contributed by atoms with van der Waals surface area (Å²) < 4.78 is 10.8. The van der Waals surface area contributed by atoms with Crippen molar-refractivity contribution >= 4 is 17.3 Å². The van der Waals surface area contributed by atoms with E-state index in [-0.39, 0.29) is 35.6 Å². The minimum atomic E-state index is -0.507. The molecule has 24 heavy (non-hydrogen) atoms. The summed E-state index contributed by atoms with van der Waals surface area (Å²) in [4.78, 5) is 24.9. The molecule has 1 aliphatic rings. The second-order valence-electron chi connectivity index (χ2n) is 6.02. The average molecular weight is 337 g/mol. The number of carbonyl (C=O) groups excluding carboxylic acids is 1. The molecule has 0 unspecified atom stereocenters. The quantitative estimate of drug-likeness (QED) is 0.653. The van der Waals surface area contributed by atoms with Crippen LogP contribution in [0, 0.1) is 10.1 Å². The van der Waals surface area contributed by atoms with Gasteiger partial charge in [0, 0.05) is 19.2 Å². The van der Waals surface area contributed by atoms with E-state index in [0.29, 0.717) is 18.8 Å². The Bertz CT molecular complexity index is 612. The summed E-state index contributed by atoms with van der Waals surface area (Å²) in [6.07, 6.45) is 0.135. The van der Waals surface area contributed by atoms with Gasteiger partial charge in [-0.05, 0) is 26.8 Å². The molecule has 1 amide bonds. The molecule has 0 aliphatic carbocycles. The van der Waals surface area contributed by atoms with Crippen LogP contribution in [-0.4, -0.2) is 54.2 Å². The highest BCUT2D eigenvalue weighted by Crippen LogP contribution is 2.29. The van der Waals surface area contributed by atoms with Gasteiger partial charge < -0.3 is 14.8 Å². The van der Waals surface area contributed by atoms with Crippen LogP contribution in [0.3, 0.4) is 0 Å². The third-order valence-corrected chi connectivity index (χ3v) is 4.03. The molecule has 1 aliphatic heterocycles. The van der Waals surface area contributed by atoms with Gasteiger partial charge in [-0.3, -0.25) is 19.8 Å². The van der Waals surface area contributed by atoms with Crippen LogP contribution in [0.15, 0.2) is 18.2 Å². The summed E-state index contributed by atoms with van der Waals surface area (Å²) in [5.41, 5.74) is 0.322. The van der Waals surface area contributed by atoms with Gasteiger partial charge in [0.1, 0.15) is 5.75 Å². The number of hydrogen-bond donors (Lipinski definition) is 1. The van der Waals surface area contributed by atoms with Gasteiger partial charge in [-0.1, -0.05) is 0 Å². The summed E-state index contributed by atoms with van der Waals surface area (Å²) in [6.45, 7) is 7.14. The lowest BCUT2D eigenvalue weighted by Gasteiger charge is -2.38. The molecule has 0 bridgehead atoms. The number of non-ortho nitro benzene ring substituents is 1. The normalized spacial score (nSPS) is 22.7. The van der Waals surface area contributed by atoms with Crippen molar-refractivity contribution < 1.29 is 19.2 Å². The predicted octanol–water partition coefficient (Wildman–Crippen LogP) is 2.04. The van der Waals surface area contributed by atoms with Gasteiger partial charge in [0.2, 0.25) is 5.91 Å². The van der Waals surface area contributed by atoms with E-state index in [4.69, 9.17) is 9.47 Å². The van der Waals surface area contributed by atoms with Gasteiger partial charge in [0.25, 0.3) is 5.69 Å². The number of morpholine rings is 1. The summed E-state index contributed by atoms with van der Waals surface area (Å²) in [5, 5.41) is 13.6. The van der Waals surface area contributed by atoms with E-state index in [2.05, 4.69) is 10.2 Å². The maximum absolute atomic E-state index is 12.5. The largest absolute Gasteiger partial charge is 0.494 e. The third kappa shape index (κ3) is 4.21. The number of anilines is 1. The molecule has 3 atom stereocenters.